The maximum Gasteiger partial charge on any atom is 0.256 e. The first-order valence-corrected chi connectivity index (χ1v) is 10.7. The van der Waals surface area contributed by atoms with Crippen LogP contribution >= 0.6 is 0 Å². The van der Waals surface area contributed by atoms with Gasteiger partial charge in [0, 0.05) is 56.9 Å². The van der Waals surface area contributed by atoms with Crippen LogP contribution in [0.1, 0.15) is 42.5 Å². The lowest BCUT2D eigenvalue weighted by atomic mass is 9.84. The Morgan fingerprint density at radius 2 is 1.61 bits per heavy atom. The van der Waals surface area contributed by atoms with Gasteiger partial charge in [-0.2, -0.15) is 0 Å². The minimum atomic E-state index is 0.143. The number of nitrogens with one attached hydrogen (secondary N) is 1. The third kappa shape index (κ3) is 4.17. The minimum absolute atomic E-state index is 0.143. The first-order valence-electron chi connectivity index (χ1n) is 10.7. The molecule has 2 aliphatic heterocycles. The van der Waals surface area contributed by atoms with Gasteiger partial charge in [0.15, 0.2) is 0 Å². The molecule has 6 nitrogen and oxygen atoms in total. The van der Waals surface area contributed by atoms with Crippen molar-refractivity contribution < 1.29 is 9.59 Å². The SMILES string of the molecule is CN1CCN(C(=O)c2ccccc2N2CCC(NC(=O)C3CCC3)CC2)CC1. The largest absolute Gasteiger partial charge is 0.371 e. The number of benzene rings is 1. The smallest absolute Gasteiger partial charge is 0.256 e. The molecule has 1 N–H and O–H groups in total. The number of para-hydroxylation sites is 1. The molecule has 1 aliphatic carbocycles. The summed E-state index contributed by atoms with van der Waals surface area (Å²) >= 11 is 0. The zero-order chi connectivity index (χ0) is 19.5. The van der Waals surface area contributed by atoms with E-state index in [1.54, 1.807) is 0 Å². The Kier molecular flexibility index (Phi) is 5.85. The van der Waals surface area contributed by atoms with Crippen LogP contribution in [0.15, 0.2) is 24.3 Å². The van der Waals surface area contributed by atoms with Gasteiger partial charge in [-0.05, 0) is 44.9 Å². The monoisotopic (exact) mass is 384 g/mol. The number of hydrogen-bond acceptors (Lipinski definition) is 4. The van der Waals surface area contributed by atoms with E-state index in [1.807, 2.05) is 23.1 Å². The Bertz CT molecular complexity index is 702. The number of carbonyl (C=O) groups excluding carboxylic acids is 2. The van der Waals surface area contributed by atoms with E-state index < -0.39 is 0 Å². The average molecular weight is 385 g/mol. The van der Waals surface area contributed by atoms with E-state index in [1.165, 1.54) is 6.42 Å². The van der Waals surface area contributed by atoms with Crippen molar-refractivity contribution in [3.05, 3.63) is 29.8 Å². The Labute approximate surface area is 167 Å². The lowest BCUT2D eigenvalue weighted by Crippen LogP contribution is -2.48. The van der Waals surface area contributed by atoms with E-state index in [9.17, 15) is 9.59 Å². The van der Waals surface area contributed by atoms with E-state index in [0.717, 1.165) is 76.2 Å². The fourth-order valence-electron chi connectivity index (χ4n) is 4.36. The summed E-state index contributed by atoms with van der Waals surface area (Å²) in [5, 5.41) is 3.24. The molecule has 6 heteroatoms. The summed E-state index contributed by atoms with van der Waals surface area (Å²) in [7, 11) is 2.10. The molecule has 2 saturated heterocycles. The molecular formula is C22H32N4O2. The highest BCUT2D eigenvalue weighted by Crippen LogP contribution is 2.28. The zero-order valence-electron chi connectivity index (χ0n) is 16.9. The second kappa shape index (κ2) is 8.52. The molecule has 0 radical (unpaired) electrons. The number of rotatable bonds is 4. The summed E-state index contributed by atoms with van der Waals surface area (Å²) < 4.78 is 0. The molecular weight excluding hydrogens is 352 g/mol. The van der Waals surface area contributed by atoms with Crippen LogP contribution in [0.25, 0.3) is 0 Å². The molecule has 3 fully saturated rings. The van der Waals surface area contributed by atoms with Crippen LogP contribution < -0.4 is 10.2 Å². The van der Waals surface area contributed by atoms with Crippen molar-refractivity contribution >= 4 is 17.5 Å². The third-order valence-electron chi connectivity index (χ3n) is 6.58. The molecule has 1 saturated carbocycles. The summed E-state index contributed by atoms with van der Waals surface area (Å²) in [6.45, 7) is 5.20. The quantitative estimate of drug-likeness (QED) is 0.862. The second-order valence-electron chi connectivity index (χ2n) is 8.51. The average Bonchev–Trinajstić information content (AvgIpc) is 2.67. The first kappa shape index (κ1) is 19.2. The fraction of sp³-hybridized carbons (Fsp3) is 0.636. The number of anilines is 1. The summed E-state index contributed by atoms with van der Waals surface area (Å²) in [6.07, 6.45) is 5.17. The molecule has 0 aromatic heterocycles. The van der Waals surface area contributed by atoms with Crippen molar-refractivity contribution in [2.75, 3.05) is 51.2 Å². The van der Waals surface area contributed by atoms with Gasteiger partial charge in [-0.1, -0.05) is 18.6 Å². The molecule has 4 rings (SSSR count). The molecule has 2 amide bonds. The molecule has 0 bridgehead atoms. The van der Waals surface area contributed by atoms with E-state index in [-0.39, 0.29) is 23.8 Å². The molecule has 152 valence electrons. The summed E-state index contributed by atoms with van der Waals surface area (Å²) in [4.78, 5) is 31.9. The Balaban J connectivity index is 1.37. The van der Waals surface area contributed by atoms with Crippen LogP contribution in [-0.4, -0.2) is 74.0 Å². The third-order valence-corrected chi connectivity index (χ3v) is 6.58. The van der Waals surface area contributed by atoms with Crippen molar-refractivity contribution in [1.29, 1.82) is 0 Å². The van der Waals surface area contributed by atoms with E-state index in [2.05, 4.69) is 28.2 Å². The van der Waals surface area contributed by atoms with Crippen LogP contribution in [0.3, 0.4) is 0 Å². The topological polar surface area (TPSA) is 55.9 Å². The van der Waals surface area contributed by atoms with Gasteiger partial charge < -0.3 is 20.0 Å². The van der Waals surface area contributed by atoms with Gasteiger partial charge in [0.2, 0.25) is 5.91 Å². The highest BCUT2D eigenvalue weighted by Gasteiger charge is 2.30. The van der Waals surface area contributed by atoms with Crippen molar-refractivity contribution in [2.24, 2.45) is 5.92 Å². The number of hydrogen-bond donors (Lipinski definition) is 1. The van der Waals surface area contributed by atoms with Crippen molar-refractivity contribution in [2.45, 2.75) is 38.1 Å². The predicted molar refractivity (Wildman–Crippen MR) is 111 cm³/mol. The van der Waals surface area contributed by atoms with Crippen LogP contribution in [-0.2, 0) is 4.79 Å². The number of carbonyl (C=O) groups is 2. The predicted octanol–water partition coefficient (Wildman–Crippen LogP) is 1.96. The van der Waals surface area contributed by atoms with E-state index >= 15 is 0 Å². The number of likely N-dealkylation sites (N-methyl/N-ethyl adjacent to an activating group) is 1. The first-order chi connectivity index (χ1) is 13.6. The van der Waals surface area contributed by atoms with Crippen LogP contribution in [0.4, 0.5) is 5.69 Å². The van der Waals surface area contributed by atoms with Crippen LogP contribution in [0, 0.1) is 5.92 Å². The molecule has 0 unspecified atom stereocenters. The van der Waals surface area contributed by atoms with Gasteiger partial charge >= 0.3 is 0 Å². The molecule has 28 heavy (non-hydrogen) atoms. The molecule has 0 spiro atoms. The van der Waals surface area contributed by atoms with Gasteiger partial charge in [-0.15, -0.1) is 0 Å². The minimum Gasteiger partial charge on any atom is -0.371 e. The molecule has 1 aromatic rings. The van der Waals surface area contributed by atoms with Gasteiger partial charge in [0.05, 0.1) is 5.56 Å². The lowest BCUT2D eigenvalue weighted by Gasteiger charge is -2.37. The zero-order valence-corrected chi connectivity index (χ0v) is 16.9. The number of nitrogens with zero attached hydrogens (tertiary/aromatic N) is 3. The van der Waals surface area contributed by atoms with Crippen molar-refractivity contribution in [1.82, 2.24) is 15.1 Å². The Hall–Kier alpha value is -2.08. The number of piperidine rings is 1. The molecule has 3 aliphatic rings. The van der Waals surface area contributed by atoms with Gasteiger partial charge in [-0.3, -0.25) is 9.59 Å². The summed E-state index contributed by atoms with van der Waals surface area (Å²) in [5.74, 6) is 0.638. The van der Waals surface area contributed by atoms with Crippen LogP contribution in [0.5, 0.6) is 0 Å². The molecule has 1 aromatic carbocycles. The second-order valence-corrected chi connectivity index (χ2v) is 8.51. The Morgan fingerprint density at radius 3 is 2.25 bits per heavy atom. The van der Waals surface area contributed by atoms with E-state index in [4.69, 9.17) is 0 Å². The van der Waals surface area contributed by atoms with Crippen molar-refractivity contribution in [3.63, 3.8) is 0 Å². The maximum absolute atomic E-state index is 13.1. The van der Waals surface area contributed by atoms with E-state index in [0.29, 0.717) is 0 Å². The summed E-state index contributed by atoms with van der Waals surface area (Å²) in [6, 6.07) is 8.26. The highest BCUT2D eigenvalue weighted by molar-refractivity contribution is 6.00. The van der Waals surface area contributed by atoms with Gasteiger partial charge in [-0.25, -0.2) is 0 Å². The number of piperazine rings is 1. The van der Waals surface area contributed by atoms with Crippen molar-refractivity contribution in [3.8, 4) is 0 Å². The maximum atomic E-state index is 13.1. The lowest BCUT2D eigenvalue weighted by molar-refractivity contribution is -0.128. The standard InChI is InChI=1S/C22H32N4O2/c1-24-13-15-26(16-14-24)22(28)19-7-2-3-8-20(19)25-11-9-18(10-12-25)23-21(27)17-5-4-6-17/h2-3,7-8,17-18H,4-6,9-16H2,1H3,(H,23,27). The number of amides is 2. The van der Waals surface area contributed by atoms with Crippen LogP contribution in [0.2, 0.25) is 0 Å². The highest BCUT2D eigenvalue weighted by atomic mass is 16.2. The fourth-order valence-corrected chi connectivity index (χ4v) is 4.36. The van der Waals surface area contributed by atoms with Gasteiger partial charge in [0.1, 0.15) is 0 Å². The van der Waals surface area contributed by atoms with Gasteiger partial charge in [0.25, 0.3) is 5.91 Å². The summed E-state index contributed by atoms with van der Waals surface area (Å²) in [5.41, 5.74) is 1.85. The Morgan fingerprint density at radius 1 is 0.929 bits per heavy atom. The molecule has 0 atom stereocenters. The normalized spacial score (nSPS) is 22.0. The molecule has 2 heterocycles.